The van der Waals surface area contributed by atoms with Crippen molar-refractivity contribution in [2.75, 3.05) is 7.11 Å². The number of hydrogen-bond acceptors (Lipinski definition) is 8. The predicted octanol–water partition coefficient (Wildman–Crippen LogP) is 4.03. The second kappa shape index (κ2) is 7.59. The molecule has 8 heteroatoms. The third-order valence-corrected chi connectivity index (χ3v) is 5.70. The van der Waals surface area contributed by atoms with Crippen molar-refractivity contribution in [3.05, 3.63) is 75.9 Å². The van der Waals surface area contributed by atoms with Gasteiger partial charge in [-0.3, -0.25) is 9.59 Å². The van der Waals surface area contributed by atoms with E-state index in [9.17, 15) is 24.9 Å². The van der Waals surface area contributed by atoms with Crippen LogP contribution >= 0.6 is 0 Å². The van der Waals surface area contributed by atoms with E-state index >= 15 is 0 Å². The number of phenolic OH excluding ortho intramolecular Hbond substituents is 3. The number of para-hydroxylation sites is 1. The first-order valence-corrected chi connectivity index (χ1v) is 10.1. The average molecular weight is 446 g/mol. The molecule has 3 N–H and O–H groups in total. The summed E-state index contributed by atoms with van der Waals surface area (Å²) in [4.78, 5) is 25.4. The zero-order chi connectivity index (χ0) is 23.3. The van der Waals surface area contributed by atoms with Crippen molar-refractivity contribution in [2.24, 2.45) is 0 Å². The number of methoxy groups -OCH3 is 1. The van der Waals surface area contributed by atoms with Crippen LogP contribution in [-0.2, 0) is 4.79 Å². The highest BCUT2D eigenvalue weighted by atomic mass is 16.5. The number of aromatic hydroxyl groups is 3. The SMILES string of the molecule is COc1ccccc1[C@H]1CC(=O)Oc2cc(O)c3c(=O)cc(-c4ccc(O)c(O)c4)oc3c21. The zero-order valence-electron chi connectivity index (χ0n) is 17.4. The van der Waals surface area contributed by atoms with Gasteiger partial charge in [-0.25, -0.2) is 0 Å². The van der Waals surface area contributed by atoms with Gasteiger partial charge < -0.3 is 29.2 Å². The summed E-state index contributed by atoms with van der Waals surface area (Å²) in [5, 5.41) is 30.0. The topological polar surface area (TPSA) is 126 Å². The quantitative estimate of drug-likeness (QED) is 0.245. The van der Waals surface area contributed by atoms with Crippen LogP contribution in [0.1, 0.15) is 23.5 Å². The summed E-state index contributed by atoms with van der Waals surface area (Å²) >= 11 is 0. The van der Waals surface area contributed by atoms with Crippen molar-refractivity contribution in [3.8, 4) is 40.1 Å². The Morgan fingerprint density at radius 1 is 0.939 bits per heavy atom. The Hall–Kier alpha value is -4.46. The number of benzene rings is 3. The van der Waals surface area contributed by atoms with E-state index in [0.717, 1.165) is 0 Å². The third-order valence-electron chi connectivity index (χ3n) is 5.70. The Balaban J connectivity index is 1.83. The van der Waals surface area contributed by atoms with E-state index in [1.807, 2.05) is 6.07 Å². The molecule has 0 spiro atoms. The van der Waals surface area contributed by atoms with Crippen LogP contribution in [0.2, 0.25) is 0 Å². The molecule has 166 valence electrons. The van der Waals surface area contributed by atoms with Gasteiger partial charge >= 0.3 is 5.97 Å². The van der Waals surface area contributed by atoms with Gasteiger partial charge in [0.2, 0.25) is 0 Å². The van der Waals surface area contributed by atoms with Crippen molar-refractivity contribution >= 4 is 16.9 Å². The third kappa shape index (κ3) is 3.32. The molecular weight excluding hydrogens is 428 g/mol. The first-order valence-electron chi connectivity index (χ1n) is 10.1. The number of carbonyl (C=O) groups excluding carboxylic acids is 1. The van der Waals surface area contributed by atoms with Crippen LogP contribution in [0.3, 0.4) is 0 Å². The van der Waals surface area contributed by atoms with Crippen LogP contribution in [0, 0.1) is 0 Å². The highest BCUT2D eigenvalue weighted by molar-refractivity contribution is 5.93. The van der Waals surface area contributed by atoms with Gasteiger partial charge in [-0.05, 0) is 24.3 Å². The van der Waals surface area contributed by atoms with Crippen LogP contribution in [0.5, 0.6) is 28.7 Å². The fraction of sp³-hybridized carbons (Fsp3) is 0.120. The van der Waals surface area contributed by atoms with Gasteiger partial charge in [0.1, 0.15) is 34.0 Å². The summed E-state index contributed by atoms with van der Waals surface area (Å²) < 4.78 is 17.0. The van der Waals surface area contributed by atoms with Gasteiger partial charge in [-0.2, -0.15) is 0 Å². The standard InChI is InChI=1S/C25H18O8/c1-31-19-5-3-2-4-13(19)14-9-22(30)32-21-11-18(29)24-17(28)10-20(33-25(24)23(14)21)12-6-7-15(26)16(27)8-12/h2-8,10-11,14,26-27,29H,9H2,1H3/t14-/m1/s1. The molecule has 0 bridgehead atoms. The maximum atomic E-state index is 13.0. The average Bonchev–Trinajstić information content (AvgIpc) is 2.79. The number of esters is 1. The van der Waals surface area contributed by atoms with E-state index in [2.05, 4.69) is 0 Å². The van der Waals surface area contributed by atoms with E-state index in [-0.39, 0.29) is 46.1 Å². The largest absolute Gasteiger partial charge is 0.507 e. The molecule has 8 nitrogen and oxygen atoms in total. The lowest BCUT2D eigenvalue weighted by Gasteiger charge is -2.27. The van der Waals surface area contributed by atoms with E-state index < -0.39 is 17.3 Å². The fourth-order valence-corrected chi connectivity index (χ4v) is 4.20. The molecule has 0 saturated heterocycles. The summed E-state index contributed by atoms with van der Waals surface area (Å²) in [6, 6.07) is 13.6. The molecule has 0 unspecified atom stereocenters. The summed E-state index contributed by atoms with van der Waals surface area (Å²) in [5.41, 5.74) is 0.996. The first-order chi connectivity index (χ1) is 15.9. The molecule has 0 saturated carbocycles. The fourth-order valence-electron chi connectivity index (χ4n) is 4.20. The number of phenols is 3. The number of fused-ring (bicyclic) bond motifs is 3. The molecule has 5 rings (SSSR count). The van der Waals surface area contributed by atoms with Crippen molar-refractivity contribution in [1.29, 1.82) is 0 Å². The van der Waals surface area contributed by atoms with Crippen molar-refractivity contribution in [3.63, 3.8) is 0 Å². The molecule has 1 aromatic heterocycles. The summed E-state index contributed by atoms with van der Waals surface area (Å²) in [5.74, 6) is -1.41. The maximum Gasteiger partial charge on any atom is 0.312 e. The summed E-state index contributed by atoms with van der Waals surface area (Å²) in [6.45, 7) is 0. The van der Waals surface area contributed by atoms with Gasteiger partial charge in [-0.1, -0.05) is 18.2 Å². The van der Waals surface area contributed by atoms with Crippen LogP contribution < -0.4 is 14.9 Å². The Labute approximate surface area is 186 Å². The highest BCUT2D eigenvalue weighted by Crippen LogP contribution is 2.47. The van der Waals surface area contributed by atoms with E-state index in [4.69, 9.17) is 13.9 Å². The minimum atomic E-state index is -0.563. The summed E-state index contributed by atoms with van der Waals surface area (Å²) in [7, 11) is 1.52. The Morgan fingerprint density at radius 2 is 1.73 bits per heavy atom. The summed E-state index contributed by atoms with van der Waals surface area (Å²) in [6.07, 6.45) is -0.0266. The van der Waals surface area contributed by atoms with Crippen molar-refractivity contribution in [1.82, 2.24) is 0 Å². The maximum absolute atomic E-state index is 13.0. The molecular formula is C25H18O8. The van der Waals surface area contributed by atoms with E-state index in [1.165, 1.54) is 37.4 Å². The molecule has 1 aliphatic rings. The number of ether oxygens (including phenoxy) is 2. The molecule has 0 aliphatic carbocycles. The smallest absolute Gasteiger partial charge is 0.312 e. The van der Waals surface area contributed by atoms with Gasteiger partial charge in [0.15, 0.2) is 16.9 Å². The molecule has 0 fully saturated rings. The lowest BCUT2D eigenvalue weighted by Crippen LogP contribution is -2.22. The lowest BCUT2D eigenvalue weighted by molar-refractivity contribution is -0.135. The Morgan fingerprint density at radius 3 is 2.48 bits per heavy atom. The first kappa shape index (κ1) is 20.4. The normalized spacial score (nSPS) is 15.2. The molecule has 0 radical (unpaired) electrons. The van der Waals surface area contributed by atoms with E-state index in [1.54, 1.807) is 18.2 Å². The minimum Gasteiger partial charge on any atom is -0.507 e. The second-order valence-electron chi connectivity index (χ2n) is 7.66. The monoisotopic (exact) mass is 446 g/mol. The molecule has 3 aromatic carbocycles. The molecule has 1 atom stereocenters. The lowest BCUT2D eigenvalue weighted by atomic mass is 9.84. The Kier molecular flexibility index (Phi) is 4.70. The number of carbonyl (C=O) groups is 1. The van der Waals surface area contributed by atoms with Crippen molar-refractivity contribution in [2.45, 2.75) is 12.3 Å². The van der Waals surface area contributed by atoms with Crippen LogP contribution in [0.25, 0.3) is 22.3 Å². The zero-order valence-corrected chi connectivity index (χ0v) is 17.4. The minimum absolute atomic E-state index is 0.0266. The van der Waals surface area contributed by atoms with Crippen LogP contribution in [0.4, 0.5) is 0 Å². The molecule has 0 amide bonds. The predicted molar refractivity (Wildman–Crippen MR) is 118 cm³/mol. The van der Waals surface area contributed by atoms with Gasteiger partial charge in [0, 0.05) is 34.7 Å². The molecule has 2 heterocycles. The van der Waals surface area contributed by atoms with E-state index in [0.29, 0.717) is 22.4 Å². The second-order valence-corrected chi connectivity index (χ2v) is 7.66. The van der Waals surface area contributed by atoms with Crippen LogP contribution in [0.15, 0.2) is 63.8 Å². The Bertz CT molecular complexity index is 1480. The number of hydrogen-bond donors (Lipinski definition) is 3. The molecule has 4 aromatic rings. The van der Waals surface area contributed by atoms with Crippen LogP contribution in [-0.4, -0.2) is 28.4 Å². The van der Waals surface area contributed by atoms with Crippen molar-refractivity contribution < 1.29 is 34.0 Å². The number of rotatable bonds is 3. The van der Waals surface area contributed by atoms with Gasteiger partial charge in [0.05, 0.1) is 13.5 Å². The molecule has 1 aliphatic heterocycles. The molecule has 33 heavy (non-hydrogen) atoms. The van der Waals surface area contributed by atoms with Gasteiger partial charge in [-0.15, -0.1) is 0 Å². The highest BCUT2D eigenvalue weighted by Gasteiger charge is 2.35. The van der Waals surface area contributed by atoms with Gasteiger partial charge in [0.25, 0.3) is 0 Å².